The molecule has 3 aliphatic rings. The minimum Gasteiger partial charge on any atom is -0.506 e. The number of H-pyrrole nitrogens is 1. The molecule has 4 heterocycles. The van der Waals surface area contributed by atoms with Crippen molar-refractivity contribution in [3.8, 4) is 17.1 Å². The second-order valence-corrected chi connectivity index (χ2v) is 8.86. The minimum atomic E-state index is 0.269. The number of nitrogens with one attached hydrogen (secondary N) is 2. The lowest BCUT2D eigenvalue weighted by Crippen LogP contribution is -2.47. The zero-order chi connectivity index (χ0) is 18.7. The van der Waals surface area contributed by atoms with Crippen LogP contribution < -0.4 is 10.2 Å². The Morgan fingerprint density at radius 2 is 1.89 bits per heavy atom. The van der Waals surface area contributed by atoms with Crippen molar-refractivity contribution >= 4 is 23.1 Å². The zero-order valence-corrected chi connectivity index (χ0v) is 16.0. The number of benzene rings is 2. The van der Waals surface area contributed by atoms with Gasteiger partial charge < -0.3 is 15.3 Å². The van der Waals surface area contributed by atoms with Crippen molar-refractivity contribution in [3.05, 3.63) is 36.4 Å². The molecule has 142 valence electrons. The van der Waals surface area contributed by atoms with Crippen molar-refractivity contribution in [1.29, 1.82) is 0 Å². The maximum absolute atomic E-state index is 11.1. The molecule has 0 spiro atoms. The van der Waals surface area contributed by atoms with Crippen molar-refractivity contribution in [1.82, 2.24) is 25.9 Å². The van der Waals surface area contributed by atoms with E-state index in [-0.39, 0.29) is 5.75 Å². The highest BCUT2D eigenvalue weighted by molar-refractivity contribution is 7.99. The van der Waals surface area contributed by atoms with Crippen LogP contribution in [0.25, 0.3) is 11.4 Å². The summed E-state index contributed by atoms with van der Waals surface area (Å²) < 4.78 is 0. The zero-order valence-electron chi connectivity index (χ0n) is 15.2. The number of hydrogen-bond acceptors (Lipinski definition) is 7. The van der Waals surface area contributed by atoms with Gasteiger partial charge in [-0.1, -0.05) is 23.9 Å². The Hall–Kier alpha value is -2.58. The molecule has 28 heavy (non-hydrogen) atoms. The Kier molecular flexibility index (Phi) is 3.64. The van der Waals surface area contributed by atoms with Crippen molar-refractivity contribution in [2.45, 2.75) is 53.6 Å². The molecular formula is C20H20N6OS. The lowest BCUT2D eigenvalue weighted by atomic mass is 9.96. The first-order valence-corrected chi connectivity index (χ1v) is 10.5. The summed E-state index contributed by atoms with van der Waals surface area (Å²) in [6.45, 7) is 0. The van der Waals surface area contributed by atoms with Gasteiger partial charge in [-0.15, -0.1) is 10.2 Å². The van der Waals surface area contributed by atoms with E-state index in [1.807, 2.05) is 0 Å². The predicted molar refractivity (Wildman–Crippen MR) is 107 cm³/mol. The quantitative estimate of drug-likeness (QED) is 0.615. The van der Waals surface area contributed by atoms with E-state index < -0.39 is 0 Å². The molecule has 0 aliphatic carbocycles. The van der Waals surface area contributed by atoms with E-state index in [0.717, 1.165) is 29.0 Å². The summed E-state index contributed by atoms with van der Waals surface area (Å²) in [4.78, 5) is 4.62. The van der Waals surface area contributed by atoms with Gasteiger partial charge in [-0.25, -0.2) is 0 Å². The number of aromatic nitrogens is 4. The molecule has 6 rings (SSSR count). The number of phenols is 1. The molecule has 8 heteroatoms. The molecule has 3 aliphatic heterocycles. The third-order valence-corrected chi connectivity index (χ3v) is 7.15. The monoisotopic (exact) mass is 392 g/mol. The molecule has 0 amide bonds. The number of anilines is 2. The largest absolute Gasteiger partial charge is 0.506 e. The Bertz CT molecular complexity index is 1030. The molecule has 7 nitrogen and oxygen atoms in total. The van der Waals surface area contributed by atoms with Gasteiger partial charge in [0.2, 0.25) is 5.82 Å². The topological polar surface area (TPSA) is 90.0 Å². The van der Waals surface area contributed by atoms with Crippen molar-refractivity contribution in [2.24, 2.45) is 0 Å². The molecule has 2 bridgehead atoms. The molecule has 2 aromatic carbocycles. The van der Waals surface area contributed by atoms with Crippen molar-refractivity contribution < 1.29 is 5.11 Å². The number of hydrogen-bond donors (Lipinski definition) is 3. The molecule has 0 radical (unpaired) electrons. The van der Waals surface area contributed by atoms with Crippen LogP contribution in [0.5, 0.6) is 5.75 Å². The van der Waals surface area contributed by atoms with Gasteiger partial charge in [0.05, 0.1) is 11.4 Å². The fourth-order valence-corrected chi connectivity index (χ4v) is 6.06. The number of rotatable bonds is 2. The molecule has 2 atom stereocenters. The van der Waals surface area contributed by atoms with Crippen LogP contribution in [-0.4, -0.2) is 43.9 Å². The number of phenolic OH excluding ortho intramolecular Hbond substituents is 1. The second kappa shape index (κ2) is 6.22. The van der Waals surface area contributed by atoms with Gasteiger partial charge in [0.15, 0.2) is 0 Å². The Morgan fingerprint density at radius 3 is 2.68 bits per heavy atom. The summed E-state index contributed by atoms with van der Waals surface area (Å²) in [5.41, 5.74) is 2.86. The summed E-state index contributed by atoms with van der Waals surface area (Å²) in [5.74, 6) is 0.759. The van der Waals surface area contributed by atoms with Gasteiger partial charge in [0.25, 0.3) is 0 Å². The minimum absolute atomic E-state index is 0.269. The predicted octanol–water partition coefficient (Wildman–Crippen LogP) is 3.46. The van der Waals surface area contributed by atoms with Crippen LogP contribution in [-0.2, 0) is 0 Å². The second-order valence-electron chi connectivity index (χ2n) is 7.78. The molecule has 2 fully saturated rings. The van der Waals surface area contributed by atoms with Gasteiger partial charge in [0, 0.05) is 33.5 Å². The number of piperidine rings is 1. The number of aromatic hydroxyl groups is 1. The van der Waals surface area contributed by atoms with Crippen LogP contribution in [0.4, 0.5) is 11.4 Å². The van der Waals surface area contributed by atoms with Crippen LogP contribution in [0.1, 0.15) is 25.7 Å². The van der Waals surface area contributed by atoms with Gasteiger partial charge >= 0.3 is 0 Å². The van der Waals surface area contributed by atoms with Crippen LogP contribution >= 0.6 is 11.8 Å². The summed E-state index contributed by atoms with van der Waals surface area (Å²) in [6, 6.07) is 13.8. The van der Waals surface area contributed by atoms with E-state index in [0.29, 0.717) is 23.9 Å². The van der Waals surface area contributed by atoms with Gasteiger partial charge in [-0.3, -0.25) is 0 Å². The van der Waals surface area contributed by atoms with E-state index in [9.17, 15) is 5.11 Å². The van der Waals surface area contributed by atoms with Crippen molar-refractivity contribution in [2.75, 3.05) is 4.90 Å². The summed E-state index contributed by atoms with van der Waals surface area (Å²) in [7, 11) is 0. The van der Waals surface area contributed by atoms with Crippen LogP contribution in [0, 0.1) is 0 Å². The van der Waals surface area contributed by atoms with Crippen LogP contribution in [0.3, 0.4) is 0 Å². The Balaban J connectivity index is 1.50. The molecule has 3 aromatic rings. The molecule has 0 saturated carbocycles. The maximum Gasteiger partial charge on any atom is 0.204 e. The first kappa shape index (κ1) is 16.4. The number of fused-ring (bicyclic) bond motifs is 4. The third kappa shape index (κ3) is 2.51. The van der Waals surface area contributed by atoms with Gasteiger partial charge in [-0.05, 0) is 55.2 Å². The normalized spacial score (nSPS) is 25.4. The van der Waals surface area contributed by atoms with E-state index in [4.69, 9.17) is 0 Å². The number of tetrazole rings is 1. The fourth-order valence-electron chi connectivity index (χ4n) is 4.92. The molecule has 2 saturated heterocycles. The van der Waals surface area contributed by atoms with Crippen molar-refractivity contribution in [3.63, 3.8) is 0 Å². The highest BCUT2D eigenvalue weighted by atomic mass is 32.2. The van der Waals surface area contributed by atoms with E-state index >= 15 is 0 Å². The standard InChI is InChI=1S/C20H20N6OS/c27-16-7-11(20-22-24-25-23-20)8-18-19(16)26(15-3-1-2-4-17(15)28-18)14-9-12-5-6-13(10-14)21-12/h1-4,7-8,12-14,21,27H,5-6,9-10H2,(H,22,23,24,25). The van der Waals surface area contributed by atoms with E-state index in [1.54, 1.807) is 17.8 Å². The number of para-hydroxylation sites is 1. The Morgan fingerprint density at radius 1 is 1.07 bits per heavy atom. The first-order chi connectivity index (χ1) is 13.8. The fraction of sp³-hybridized carbons (Fsp3) is 0.350. The van der Waals surface area contributed by atoms with E-state index in [1.165, 1.54) is 23.4 Å². The first-order valence-electron chi connectivity index (χ1n) is 9.69. The lowest BCUT2D eigenvalue weighted by molar-refractivity contribution is 0.357. The average molecular weight is 392 g/mol. The molecule has 3 N–H and O–H groups in total. The average Bonchev–Trinajstić information content (AvgIpc) is 3.36. The summed E-state index contributed by atoms with van der Waals surface area (Å²) >= 11 is 1.69. The summed E-state index contributed by atoms with van der Waals surface area (Å²) in [6.07, 6.45) is 4.70. The summed E-state index contributed by atoms with van der Waals surface area (Å²) in [5, 5.41) is 29.0. The van der Waals surface area contributed by atoms with Gasteiger partial charge in [-0.2, -0.15) is 5.21 Å². The lowest BCUT2D eigenvalue weighted by Gasteiger charge is -2.42. The SMILES string of the molecule is Oc1cc(-c2nn[nH]n2)cc2c1N(C1CC3CCC(C1)N3)c1ccccc1S2. The number of nitrogens with zero attached hydrogens (tertiary/aromatic N) is 4. The van der Waals surface area contributed by atoms with E-state index in [2.05, 4.69) is 61.2 Å². The smallest absolute Gasteiger partial charge is 0.204 e. The van der Waals surface area contributed by atoms with Crippen LogP contribution in [0.2, 0.25) is 0 Å². The molecular weight excluding hydrogens is 372 g/mol. The highest BCUT2D eigenvalue weighted by Crippen LogP contribution is 2.54. The van der Waals surface area contributed by atoms with Crippen LogP contribution in [0.15, 0.2) is 46.2 Å². The maximum atomic E-state index is 11.1. The molecule has 1 aromatic heterocycles. The van der Waals surface area contributed by atoms with Gasteiger partial charge in [0.1, 0.15) is 5.75 Å². The third-order valence-electron chi connectivity index (χ3n) is 6.06. The highest BCUT2D eigenvalue weighted by Gasteiger charge is 2.40. The number of aromatic amines is 1. The Labute approximate surface area is 166 Å². The molecule has 2 unspecified atom stereocenters.